The van der Waals surface area contributed by atoms with Crippen LogP contribution in [0.3, 0.4) is 0 Å². The first kappa shape index (κ1) is 7.12. The van der Waals surface area contributed by atoms with Gasteiger partial charge in [0.2, 0.25) is 0 Å². The molecule has 0 spiro atoms. The molecule has 1 fully saturated rings. The lowest BCUT2D eigenvalue weighted by Gasteiger charge is -2.01. The maximum atomic E-state index is 10.7. The third-order valence-electron chi connectivity index (χ3n) is 1.59. The predicted molar refractivity (Wildman–Crippen MR) is 35.5 cm³/mol. The smallest absolute Gasteiger partial charge is 0.337 e. The van der Waals surface area contributed by atoms with Gasteiger partial charge in [0.05, 0.1) is 11.8 Å². The van der Waals surface area contributed by atoms with Crippen molar-refractivity contribution >= 4 is 5.97 Å². The molecular weight excluding hydrogens is 132 g/mol. The third-order valence-corrected chi connectivity index (χ3v) is 1.59. The second-order valence-corrected chi connectivity index (χ2v) is 2.29. The number of hydrogen-bond donors (Lipinski definition) is 1. The summed E-state index contributed by atoms with van der Waals surface area (Å²) in [5.41, 5.74) is 0.381. The number of carbonyl (C=O) groups excluding carboxylic acids is 1. The van der Waals surface area contributed by atoms with Gasteiger partial charge in [0.1, 0.15) is 6.10 Å². The van der Waals surface area contributed by atoms with E-state index >= 15 is 0 Å². The number of aliphatic hydroxyl groups is 1. The highest BCUT2D eigenvalue weighted by molar-refractivity contribution is 5.90. The molecule has 0 saturated carbocycles. The van der Waals surface area contributed by atoms with Gasteiger partial charge in [-0.05, 0) is 6.42 Å². The summed E-state index contributed by atoms with van der Waals surface area (Å²) in [5.74, 6) is -0.380. The third kappa shape index (κ3) is 1.12. The molecule has 1 atom stereocenters. The molecule has 56 valence electrons. The molecule has 0 aromatic rings. The zero-order valence-corrected chi connectivity index (χ0v) is 5.83. The van der Waals surface area contributed by atoms with Crippen molar-refractivity contribution < 1.29 is 14.6 Å². The summed E-state index contributed by atoms with van der Waals surface area (Å²) in [6.07, 6.45) is 2.17. The van der Waals surface area contributed by atoms with Gasteiger partial charge in [-0.2, -0.15) is 0 Å². The molecule has 10 heavy (non-hydrogen) atoms. The van der Waals surface area contributed by atoms with Crippen LogP contribution in [-0.2, 0) is 9.53 Å². The molecule has 0 bridgehead atoms. The molecule has 0 aromatic carbocycles. The maximum absolute atomic E-state index is 10.7. The minimum Gasteiger partial charge on any atom is -0.515 e. The van der Waals surface area contributed by atoms with E-state index in [9.17, 15) is 4.79 Å². The summed E-state index contributed by atoms with van der Waals surface area (Å²) in [7, 11) is 0. The van der Waals surface area contributed by atoms with E-state index in [-0.39, 0.29) is 12.1 Å². The van der Waals surface area contributed by atoms with Crippen molar-refractivity contribution in [2.24, 2.45) is 0 Å². The Morgan fingerprint density at radius 3 is 2.90 bits per heavy atom. The van der Waals surface area contributed by atoms with E-state index in [2.05, 4.69) is 0 Å². The molecule has 3 nitrogen and oxygen atoms in total. The van der Waals surface area contributed by atoms with E-state index in [1.807, 2.05) is 6.92 Å². The number of hydrogen-bond acceptors (Lipinski definition) is 3. The van der Waals surface area contributed by atoms with Gasteiger partial charge >= 0.3 is 5.97 Å². The number of rotatable bonds is 1. The number of ether oxygens (including phenoxy) is 1. The second-order valence-electron chi connectivity index (χ2n) is 2.29. The highest BCUT2D eigenvalue weighted by Crippen LogP contribution is 2.21. The molecule has 0 amide bonds. The molecule has 1 aliphatic heterocycles. The summed E-state index contributed by atoms with van der Waals surface area (Å²) < 4.78 is 4.85. The molecule has 1 heterocycles. The van der Waals surface area contributed by atoms with Gasteiger partial charge in [0.25, 0.3) is 0 Å². The summed E-state index contributed by atoms with van der Waals surface area (Å²) in [5, 5.41) is 8.49. The summed E-state index contributed by atoms with van der Waals surface area (Å²) in [6.45, 7) is 1.94. The lowest BCUT2D eigenvalue weighted by atomic mass is 10.1. The fourth-order valence-corrected chi connectivity index (χ4v) is 0.930. The molecule has 0 aromatic heterocycles. The van der Waals surface area contributed by atoms with Crippen LogP contribution < -0.4 is 0 Å². The van der Waals surface area contributed by atoms with E-state index in [1.165, 1.54) is 0 Å². The second kappa shape index (κ2) is 2.73. The van der Waals surface area contributed by atoms with Crippen LogP contribution in [0.15, 0.2) is 11.8 Å². The van der Waals surface area contributed by atoms with Crippen LogP contribution in [0.5, 0.6) is 0 Å². The lowest BCUT2D eigenvalue weighted by Crippen LogP contribution is -2.03. The molecule has 1 unspecified atom stereocenters. The summed E-state index contributed by atoms with van der Waals surface area (Å²) in [6, 6.07) is 0. The fraction of sp³-hybridized carbons (Fsp3) is 0.571. The number of cyclic esters (lactones) is 1. The first-order valence-corrected chi connectivity index (χ1v) is 3.32. The average Bonchev–Trinajstić information content (AvgIpc) is 2.30. The minimum absolute atomic E-state index is 0.0223. The standard InChI is InChI=1S/C7H10O3/c1-2-6-3-5(4-8)7(9)10-6/h4,6,8H,2-3H2,1H3/b5-4-. The van der Waals surface area contributed by atoms with E-state index in [1.54, 1.807) is 0 Å². The van der Waals surface area contributed by atoms with Crippen LogP contribution >= 0.6 is 0 Å². The molecule has 1 N–H and O–H groups in total. The van der Waals surface area contributed by atoms with Gasteiger partial charge in [-0.15, -0.1) is 0 Å². The monoisotopic (exact) mass is 142 g/mol. The van der Waals surface area contributed by atoms with Crippen molar-refractivity contribution in [3.63, 3.8) is 0 Å². The molecule has 1 saturated heterocycles. The molecule has 0 radical (unpaired) electrons. The maximum Gasteiger partial charge on any atom is 0.337 e. The number of esters is 1. The van der Waals surface area contributed by atoms with Gasteiger partial charge in [0.15, 0.2) is 0 Å². The molecule has 3 heteroatoms. The highest BCUT2D eigenvalue weighted by atomic mass is 16.5. The van der Waals surface area contributed by atoms with Crippen molar-refractivity contribution in [2.75, 3.05) is 0 Å². The zero-order chi connectivity index (χ0) is 7.56. The van der Waals surface area contributed by atoms with E-state index in [0.717, 1.165) is 12.7 Å². The van der Waals surface area contributed by atoms with Crippen LogP contribution in [-0.4, -0.2) is 17.2 Å². The molecule has 1 aliphatic rings. The lowest BCUT2D eigenvalue weighted by molar-refractivity contribution is -0.138. The van der Waals surface area contributed by atoms with Crippen LogP contribution in [0.25, 0.3) is 0 Å². The van der Waals surface area contributed by atoms with Crippen LogP contribution in [0, 0.1) is 0 Å². The van der Waals surface area contributed by atoms with Gasteiger partial charge in [-0.1, -0.05) is 6.92 Å². The minimum atomic E-state index is -0.380. The van der Waals surface area contributed by atoms with Gasteiger partial charge in [0, 0.05) is 6.42 Å². The van der Waals surface area contributed by atoms with Gasteiger partial charge < -0.3 is 9.84 Å². The number of aliphatic hydroxyl groups excluding tert-OH is 1. The quantitative estimate of drug-likeness (QED) is 0.339. The van der Waals surface area contributed by atoms with Crippen molar-refractivity contribution in [3.05, 3.63) is 11.8 Å². The van der Waals surface area contributed by atoms with Crippen molar-refractivity contribution in [2.45, 2.75) is 25.9 Å². The van der Waals surface area contributed by atoms with Crippen LogP contribution in [0.1, 0.15) is 19.8 Å². The van der Waals surface area contributed by atoms with Crippen LogP contribution in [0.2, 0.25) is 0 Å². The largest absolute Gasteiger partial charge is 0.515 e. The normalized spacial score (nSPS) is 29.1. The Bertz CT molecular complexity index is 172. The Labute approximate surface area is 59.3 Å². The Morgan fingerprint density at radius 1 is 1.90 bits per heavy atom. The van der Waals surface area contributed by atoms with Crippen molar-refractivity contribution in [3.8, 4) is 0 Å². The number of carbonyl (C=O) groups is 1. The first-order chi connectivity index (χ1) is 4.77. The van der Waals surface area contributed by atoms with Crippen LogP contribution in [0.4, 0.5) is 0 Å². The highest BCUT2D eigenvalue weighted by Gasteiger charge is 2.27. The summed E-state index contributed by atoms with van der Waals surface area (Å²) >= 11 is 0. The van der Waals surface area contributed by atoms with E-state index in [4.69, 9.17) is 9.84 Å². The Morgan fingerprint density at radius 2 is 2.60 bits per heavy atom. The Kier molecular flexibility index (Phi) is 1.94. The van der Waals surface area contributed by atoms with Gasteiger partial charge in [-0.3, -0.25) is 0 Å². The zero-order valence-electron chi connectivity index (χ0n) is 5.83. The van der Waals surface area contributed by atoms with Crippen molar-refractivity contribution in [1.29, 1.82) is 0 Å². The fourth-order valence-electron chi connectivity index (χ4n) is 0.930. The molecule has 0 aliphatic carbocycles. The van der Waals surface area contributed by atoms with E-state index in [0.29, 0.717) is 12.0 Å². The average molecular weight is 142 g/mol. The molecular formula is C7H10O3. The Balaban J connectivity index is 2.61. The summed E-state index contributed by atoms with van der Waals surface area (Å²) in [4.78, 5) is 10.7. The predicted octanol–water partition coefficient (Wildman–Crippen LogP) is 1.15. The Hall–Kier alpha value is -0.990. The first-order valence-electron chi connectivity index (χ1n) is 3.32. The van der Waals surface area contributed by atoms with Gasteiger partial charge in [-0.25, -0.2) is 4.79 Å². The van der Waals surface area contributed by atoms with Crippen molar-refractivity contribution in [1.82, 2.24) is 0 Å². The SMILES string of the molecule is CCC1C/C(=C/O)C(=O)O1. The molecule has 1 rings (SSSR count). The van der Waals surface area contributed by atoms with E-state index < -0.39 is 0 Å². The topological polar surface area (TPSA) is 46.5 Å².